The summed E-state index contributed by atoms with van der Waals surface area (Å²) in [7, 11) is 1.49. The number of methoxy groups -OCH3 is 1. The Hall–Kier alpha value is -1.37. The van der Waals surface area contributed by atoms with Crippen LogP contribution in [0.5, 0.6) is 0 Å². The monoisotopic (exact) mass is 274 g/mol. The smallest absolute Gasteiger partial charge is 0.271 e. The van der Waals surface area contributed by atoms with Crippen molar-refractivity contribution in [3.05, 3.63) is 32.8 Å². The van der Waals surface area contributed by atoms with Gasteiger partial charge in [0, 0.05) is 25.8 Å². The Morgan fingerprint density at radius 2 is 2.28 bits per heavy atom. The molecule has 7 heteroatoms. The van der Waals surface area contributed by atoms with Crippen molar-refractivity contribution < 1.29 is 14.8 Å². The lowest BCUT2D eigenvalue weighted by atomic mass is 10.1. The van der Waals surface area contributed by atoms with Crippen LogP contribution in [0, 0.1) is 17.0 Å². The number of nitro groups is 1. The molecule has 1 atom stereocenters. The lowest BCUT2D eigenvalue weighted by Crippen LogP contribution is -2.24. The number of halogens is 1. The topological polar surface area (TPSA) is 84.6 Å². The molecule has 0 saturated carbocycles. The molecule has 0 amide bonds. The second-order valence-electron chi connectivity index (χ2n) is 3.87. The molecule has 100 valence electrons. The van der Waals surface area contributed by atoms with Crippen molar-refractivity contribution in [3.63, 3.8) is 0 Å². The molecule has 1 rings (SSSR count). The Morgan fingerprint density at radius 1 is 1.61 bits per heavy atom. The molecule has 1 unspecified atom stereocenters. The van der Waals surface area contributed by atoms with E-state index in [9.17, 15) is 15.2 Å². The van der Waals surface area contributed by atoms with Gasteiger partial charge in [0.2, 0.25) is 0 Å². The van der Waals surface area contributed by atoms with Crippen molar-refractivity contribution in [3.8, 4) is 0 Å². The van der Waals surface area contributed by atoms with Crippen molar-refractivity contribution in [1.82, 2.24) is 0 Å². The molecule has 0 aliphatic carbocycles. The average molecular weight is 275 g/mol. The van der Waals surface area contributed by atoms with Gasteiger partial charge in [-0.2, -0.15) is 0 Å². The standard InChI is InChI=1S/C11H15ClN2O4/c1-7-3-8(14(16)17)4-10(12)11(7)13-5-9(15)6-18-2/h3-4,9,13,15H,5-6H2,1-2H3. The van der Waals surface area contributed by atoms with E-state index in [1.165, 1.54) is 19.2 Å². The van der Waals surface area contributed by atoms with Crippen LogP contribution in [0.1, 0.15) is 5.56 Å². The van der Waals surface area contributed by atoms with Gasteiger partial charge in [-0.3, -0.25) is 10.1 Å². The number of hydrogen-bond acceptors (Lipinski definition) is 5. The minimum absolute atomic E-state index is 0.0551. The fourth-order valence-corrected chi connectivity index (χ4v) is 1.85. The van der Waals surface area contributed by atoms with Gasteiger partial charge in [0.25, 0.3) is 5.69 Å². The Morgan fingerprint density at radius 3 is 2.78 bits per heavy atom. The Balaban J connectivity index is 2.81. The number of ether oxygens (including phenoxy) is 1. The van der Waals surface area contributed by atoms with E-state index in [0.717, 1.165) is 0 Å². The fourth-order valence-electron chi connectivity index (χ4n) is 1.53. The Bertz CT molecular complexity index is 416. The molecule has 0 aliphatic heterocycles. The molecule has 0 fully saturated rings. The molecule has 0 bridgehead atoms. The van der Waals surface area contributed by atoms with E-state index in [-0.39, 0.29) is 23.9 Å². The van der Waals surface area contributed by atoms with E-state index in [1.54, 1.807) is 6.92 Å². The zero-order chi connectivity index (χ0) is 13.7. The number of nitrogens with zero attached hydrogens (tertiary/aromatic N) is 1. The number of benzene rings is 1. The molecular formula is C11H15ClN2O4. The number of aliphatic hydroxyl groups is 1. The number of aryl methyl sites for hydroxylation is 1. The van der Waals surface area contributed by atoms with Crippen LogP contribution in [-0.4, -0.2) is 36.4 Å². The molecule has 0 saturated heterocycles. The van der Waals surface area contributed by atoms with Gasteiger partial charge in [-0.15, -0.1) is 0 Å². The maximum absolute atomic E-state index is 10.6. The lowest BCUT2D eigenvalue weighted by molar-refractivity contribution is -0.384. The normalized spacial score (nSPS) is 12.2. The van der Waals surface area contributed by atoms with Gasteiger partial charge >= 0.3 is 0 Å². The summed E-state index contributed by atoms with van der Waals surface area (Å²) in [5.74, 6) is 0. The maximum atomic E-state index is 10.6. The SMILES string of the molecule is COCC(O)CNc1c(C)cc([N+](=O)[O-])cc1Cl. The van der Waals surface area contributed by atoms with E-state index >= 15 is 0 Å². The van der Waals surface area contributed by atoms with Gasteiger partial charge in [-0.25, -0.2) is 0 Å². The first-order valence-electron chi connectivity index (χ1n) is 5.31. The quantitative estimate of drug-likeness (QED) is 0.612. The van der Waals surface area contributed by atoms with Crippen LogP contribution in [-0.2, 0) is 4.74 Å². The molecule has 0 aliphatic rings. The molecule has 0 radical (unpaired) electrons. The summed E-state index contributed by atoms with van der Waals surface area (Å²) in [6.45, 7) is 2.17. The van der Waals surface area contributed by atoms with E-state index in [2.05, 4.69) is 5.32 Å². The van der Waals surface area contributed by atoms with E-state index < -0.39 is 11.0 Å². The van der Waals surface area contributed by atoms with E-state index in [4.69, 9.17) is 16.3 Å². The van der Waals surface area contributed by atoms with Crippen LogP contribution in [0.15, 0.2) is 12.1 Å². The highest BCUT2D eigenvalue weighted by Gasteiger charge is 2.14. The largest absolute Gasteiger partial charge is 0.389 e. The predicted octanol–water partition coefficient (Wildman–Crippen LogP) is 1.98. The minimum Gasteiger partial charge on any atom is -0.389 e. The van der Waals surface area contributed by atoms with Gasteiger partial charge in [0.15, 0.2) is 0 Å². The molecule has 0 heterocycles. The predicted molar refractivity (Wildman–Crippen MR) is 69.2 cm³/mol. The number of nitrogens with one attached hydrogen (secondary N) is 1. The van der Waals surface area contributed by atoms with Crippen molar-refractivity contribution in [1.29, 1.82) is 0 Å². The number of anilines is 1. The number of aliphatic hydroxyl groups excluding tert-OH is 1. The van der Waals surface area contributed by atoms with Crippen molar-refractivity contribution in [2.45, 2.75) is 13.0 Å². The van der Waals surface area contributed by atoms with Crippen LogP contribution < -0.4 is 5.32 Å². The fraction of sp³-hybridized carbons (Fsp3) is 0.455. The van der Waals surface area contributed by atoms with Crippen molar-refractivity contribution >= 4 is 23.0 Å². The molecule has 1 aromatic carbocycles. The first-order chi connectivity index (χ1) is 8.45. The van der Waals surface area contributed by atoms with Gasteiger partial charge in [-0.05, 0) is 12.5 Å². The van der Waals surface area contributed by atoms with Crippen molar-refractivity contribution in [2.24, 2.45) is 0 Å². The van der Waals surface area contributed by atoms with Crippen LogP contribution >= 0.6 is 11.6 Å². The summed E-state index contributed by atoms with van der Waals surface area (Å²) in [5.41, 5.74) is 1.18. The molecule has 2 N–H and O–H groups in total. The molecule has 0 spiro atoms. The molecule has 18 heavy (non-hydrogen) atoms. The van der Waals surface area contributed by atoms with Crippen LogP contribution in [0.3, 0.4) is 0 Å². The summed E-state index contributed by atoms with van der Waals surface area (Å²) in [6, 6.07) is 2.70. The van der Waals surface area contributed by atoms with Crippen LogP contribution in [0.4, 0.5) is 11.4 Å². The molecular weight excluding hydrogens is 260 g/mol. The van der Waals surface area contributed by atoms with E-state index in [1.807, 2.05) is 0 Å². The summed E-state index contributed by atoms with van der Waals surface area (Å²) < 4.78 is 4.79. The van der Waals surface area contributed by atoms with Gasteiger partial charge in [-0.1, -0.05) is 11.6 Å². The third-order valence-corrected chi connectivity index (χ3v) is 2.65. The first kappa shape index (κ1) is 14.7. The second-order valence-corrected chi connectivity index (χ2v) is 4.27. The van der Waals surface area contributed by atoms with Crippen LogP contribution in [0.25, 0.3) is 0 Å². The molecule has 6 nitrogen and oxygen atoms in total. The first-order valence-corrected chi connectivity index (χ1v) is 5.69. The molecule has 0 aromatic heterocycles. The second kappa shape index (κ2) is 6.53. The summed E-state index contributed by atoms with van der Waals surface area (Å²) in [5, 5.41) is 23.3. The zero-order valence-electron chi connectivity index (χ0n) is 10.1. The maximum Gasteiger partial charge on any atom is 0.271 e. The third kappa shape index (κ3) is 3.83. The van der Waals surface area contributed by atoms with Crippen LogP contribution in [0.2, 0.25) is 5.02 Å². The average Bonchev–Trinajstić information content (AvgIpc) is 2.27. The van der Waals surface area contributed by atoms with E-state index in [0.29, 0.717) is 11.3 Å². The highest BCUT2D eigenvalue weighted by Crippen LogP contribution is 2.30. The minimum atomic E-state index is -0.666. The Labute approximate surface area is 110 Å². The molecule has 1 aromatic rings. The number of hydrogen-bond donors (Lipinski definition) is 2. The number of rotatable bonds is 6. The zero-order valence-corrected chi connectivity index (χ0v) is 10.9. The summed E-state index contributed by atoms with van der Waals surface area (Å²) in [6.07, 6.45) is -0.666. The third-order valence-electron chi connectivity index (χ3n) is 2.36. The number of nitro benzene ring substituents is 1. The summed E-state index contributed by atoms with van der Waals surface area (Å²) in [4.78, 5) is 10.1. The highest BCUT2D eigenvalue weighted by molar-refractivity contribution is 6.33. The Kier molecular flexibility index (Phi) is 5.33. The van der Waals surface area contributed by atoms with Crippen molar-refractivity contribution in [2.75, 3.05) is 25.6 Å². The summed E-state index contributed by atoms with van der Waals surface area (Å²) >= 11 is 5.96. The highest BCUT2D eigenvalue weighted by atomic mass is 35.5. The van der Waals surface area contributed by atoms with Gasteiger partial charge in [0.1, 0.15) is 0 Å². The van der Waals surface area contributed by atoms with Gasteiger partial charge in [0.05, 0.1) is 28.3 Å². The van der Waals surface area contributed by atoms with Gasteiger partial charge < -0.3 is 15.2 Å². The lowest BCUT2D eigenvalue weighted by Gasteiger charge is -2.14. The number of non-ortho nitro benzene ring substituents is 1.